The van der Waals surface area contributed by atoms with Crippen molar-refractivity contribution in [2.45, 2.75) is 38.3 Å². The van der Waals surface area contributed by atoms with Crippen LogP contribution in [0.3, 0.4) is 0 Å². The van der Waals surface area contributed by atoms with Gasteiger partial charge < -0.3 is 5.32 Å². The molecule has 0 amide bonds. The van der Waals surface area contributed by atoms with E-state index >= 15 is 0 Å². The molecule has 0 bridgehead atoms. The highest BCUT2D eigenvalue weighted by Gasteiger charge is 2.24. The van der Waals surface area contributed by atoms with Crippen LogP contribution in [0.5, 0.6) is 0 Å². The molecule has 0 spiro atoms. The molecule has 0 radical (unpaired) electrons. The lowest BCUT2D eigenvalue weighted by Gasteiger charge is -2.26. The summed E-state index contributed by atoms with van der Waals surface area (Å²) in [5, 5.41) is 3.57. The Morgan fingerprint density at radius 2 is 1.76 bits per heavy atom. The SMILES string of the molecule is O=S1(=O)CCC(Nc2ccccc2CN2CCCC2)CC1. The molecular weight excluding hydrogens is 284 g/mol. The van der Waals surface area contributed by atoms with Gasteiger partial charge >= 0.3 is 0 Å². The summed E-state index contributed by atoms with van der Waals surface area (Å²) in [5.74, 6) is 0.637. The van der Waals surface area contributed by atoms with Crippen molar-refractivity contribution >= 4 is 15.5 Å². The summed E-state index contributed by atoms with van der Waals surface area (Å²) in [6.45, 7) is 3.38. The van der Waals surface area contributed by atoms with E-state index in [9.17, 15) is 8.42 Å². The largest absolute Gasteiger partial charge is 0.382 e. The molecule has 0 aliphatic carbocycles. The topological polar surface area (TPSA) is 49.4 Å². The predicted molar refractivity (Wildman–Crippen MR) is 86.3 cm³/mol. The van der Waals surface area contributed by atoms with Crippen LogP contribution in [0, 0.1) is 0 Å². The molecular formula is C16H24N2O2S. The molecule has 2 fully saturated rings. The van der Waals surface area contributed by atoms with Crippen molar-refractivity contribution in [3.63, 3.8) is 0 Å². The van der Waals surface area contributed by atoms with Crippen LogP contribution in [0.4, 0.5) is 5.69 Å². The Hall–Kier alpha value is -1.07. The number of anilines is 1. The van der Waals surface area contributed by atoms with E-state index in [0.717, 1.165) is 19.4 Å². The highest BCUT2D eigenvalue weighted by molar-refractivity contribution is 7.91. The zero-order valence-electron chi connectivity index (χ0n) is 12.4. The summed E-state index contributed by atoms with van der Waals surface area (Å²) in [6.07, 6.45) is 4.05. The van der Waals surface area contributed by atoms with Crippen molar-refractivity contribution in [3.8, 4) is 0 Å². The number of rotatable bonds is 4. The van der Waals surface area contributed by atoms with Crippen molar-refractivity contribution < 1.29 is 8.42 Å². The van der Waals surface area contributed by atoms with Crippen LogP contribution in [-0.2, 0) is 16.4 Å². The fourth-order valence-corrected chi connectivity index (χ4v) is 4.73. The first-order valence-corrected chi connectivity index (χ1v) is 9.72. The first-order valence-electron chi connectivity index (χ1n) is 7.90. The van der Waals surface area contributed by atoms with E-state index in [2.05, 4.69) is 34.5 Å². The highest BCUT2D eigenvalue weighted by atomic mass is 32.2. The van der Waals surface area contributed by atoms with Gasteiger partial charge in [-0.3, -0.25) is 4.90 Å². The van der Waals surface area contributed by atoms with E-state index in [1.807, 2.05) is 0 Å². The molecule has 2 aliphatic rings. The van der Waals surface area contributed by atoms with E-state index in [1.165, 1.54) is 37.2 Å². The van der Waals surface area contributed by atoms with Gasteiger partial charge in [0.15, 0.2) is 0 Å². The summed E-state index contributed by atoms with van der Waals surface area (Å²) in [7, 11) is -2.78. The van der Waals surface area contributed by atoms with Gasteiger partial charge in [-0.05, 0) is 50.4 Å². The number of benzene rings is 1. The molecule has 0 unspecified atom stereocenters. The van der Waals surface area contributed by atoms with Crippen LogP contribution in [0.15, 0.2) is 24.3 Å². The number of sulfone groups is 1. The van der Waals surface area contributed by atoms with Crippen LogP contribution in [0.1, 0.15) is 31.2 Å². The first kappa shape index (κ1) is 14.9. The quantitative estimate of drug-likeness (QED) is 0.927. The Bertz CT molecular complexity index is 566. The second kappa shape index (κ2) is 6.36. The van der Waals surface area contributed by atoms with Gasteiger partial charge in [0.2, 0.25) is 0 Å². The monoisotopic (exact) mass is 308 g/mol. The van der Waals surface area contributed by atoms with Crippen LogP contribution < -0.4 is 5.32 Å². The smallest absolute Gasteiger partial charge is 0.150 e. The summed E-state index contributed by atoms with van der Waals surface area (Å²) in [6, 6.07) is 8.72. The molecule has 116 valence electrons. The van der Waals surface area contributed by atoms with Crippen molar-refractivity contribution in [2.75, 3.05) is 29.9 Å². The second-order valence-electron chi connectivity index (χ2n) is 6.21. The van der Waals surface area contributed by atoms with Crippen LogP contribution >= 0.6 is 0 Å². The molecule has 2 aliphatic heterocycles. The van der Waals surface area contributed by atoms with E-state index in [0.29, 0.717) is 11.5 Å². The molecule has 1 aromatic rings. The second-order valence-corrected chi connectivity index (χ2v) is 8.51. The lowest BCUT2D eigenvalue weighted by atomic mass is 10.1. The normalized spacial score (nSPS) is 23.2. The number of hydrogen-bond donors (Lipinski definition) is 1. The zero-order chi connectivity index (χ0) is 14.7. The fourth-order valence-electron chi connectivity index (χ4n) is 3.23. The standard InChI is InChI=1S/C16H24N2O2S/c19-21(20)11-7-15(8-12-21)17-16-6-2-1-5-14(16)13-18-9-3-4-10-18/h1-2,5-6,15,17H,3-4,7-13H2. The van der Waals surface area contributed by atoms with Gasteiger partial charge in [0.1, 0.15) is 9.84 Å². The Labute approximate surface area is 127 Å². The van der Waals surface area contributed by atoms with E-state index in [1.54, 1.807) is 0 Å². The minimum atomic E-state index is -2.78. The average Bonchev–Trinajstić information content (AvgIpc) is 2.96. The molecule has 5 heteroatoms. The van der Waals surface area contributed by atoms with Crippen LogP contribution in [0.25, 0.3) is 0 Å². The van der Waals surface area contributed by atoms with Gasteiger partial charge in [-0.2, -0.15) is 0 Å². The summed E-state index contributed by atoms with van der Waals surface area (Å²) in [4.78, 5) is 2.49. The maximum atomic E-state index is 11.5. The number of likely N-dealkylation sites (tertiary alicyclic amines) is 1. The Kier molecular flexibility index (Phi) is 4.50. The predicted octanol–water partition coefficient (Wildman–Crippen LogP) is 2.27. The van der Waals surface area contributed by atoms with Crippen molar-refractivity contribution in [2.24, 2.45) is 0 Å². The molecule has 1 N–H and O–H groups in total. The summed E-state index contributed by atoms with van der Waals surface area (Å²) < 4.78 is 23.0. The van der Waals surface area contributed by atoms with E-state index < -0.39 is 9.84 Å². The third-order valence-electron chi connectivity index (χ3n) is 4.52. The molecule has 0 saturated carbocycles. The molecule has 21 heavy (non-hydrogen) atoms. The molecule has 2 saturated heterocycles. The third kappa shape index (κ3) is 3.98. The number of nitrogens with zero attached hydrogens (tertiary/aromatic N) is 1. The summed E-state index contributed by atoms with van der Waals surface area (Å²) in [5.41, 5.74) is 2.50. The van der Waals surface area contributed by atoms with Crippen LogP contribution in [-0.4, -0.2) is 44.0 Å². The average molecular weight is 308 g/mol. The van der Waals surface area contributed by atoms with Gasteiger partial charge in [-0.25, -0.2) is 8.42 Å². The lowest BCUT2D eigenvalue weighted by Crippen LogP contribution is -2.32. The summed E-state index contributed by atoms with van der Waals surface area (Å²) >= 11 is 0. The Balaban J connectivity index is 1.65. The van der Waals surface area contributed by atoms with E-state index in [-0.39, 0.29) is 6.04 Å². The Morgan fingerprint density at radius 3 is 2.48 bits per heavy atom. The lowest BCUT2D eigenvalue weighted by molar-refractivity contribution is 0.332. The fraction of sp³-hybridized carbons (Fsp3) is 0.625. The Morgan fingerprint density at radius 1 is 1.10 bits per heavy atom. The van der Waals surface area contributed by atoms with Gasteiger partial charge in [0.05, 0.1) is 11.5 Å². The zero-order valence-corrected chi connectivity index (χ0v) is 13.2. The van der Waals surface area contributed by atoms with Gasteiger partial charge in [0.25, 0.3) is 0 Å². The molecule has 4 nitrogen and oxygen atoms in total. The first-order chi connectivity index (χ1) is 10.1. The molecule has 2 heterocycles. The highest BCUT2D eigenvalue weighted by Crippen LogP contribution is 2.23. The van der Waals surface area contributed by atoms with Crippen molar-refractivity contribution in [1.82, 2.24) is 4.90 Å². The molecule has 1 aromatic carbocycles. The maximum Gasteiger partial charge on any atom is 0.150 e. The van der Waals surface area contributed by atoms with Crippen molar-refractivity contribution in [1.29, 1.82) is 0 Å². The number of hydrogen-bond acceptors (Lipinski definition) is 4. The minimum absolute atomic E-state index is 0.285. The van der Waals surface area contributed by atoms with E-state index in [4.69, 9.17) is 0 Å². The maximum absolute atomic E-state index is 11.5. The molecule has 0 aromatic heterocycles. The van der Waals surface area contributed by atoms with Gasteiger partial charge in [-0.1, -0.05) is 18.2 Å². The van der Waals surface area contributed by atoms with Crippen LogP contribution in [0.2, 0.25) is 0 Å². The molecule has 0 atom stereocenters. The third-order valence-corrected chi connectivity index (χ3v) is 6.24. The number of nitrogens with one attached hydrogen (secondary N) is 1. The molecule has 3 rings (SSSR count). The minimum Gasteiger partial charge on any atom is -0.382 e. The van der Waals surface area contributed by atoms with Crippen molar-refractivity contribution in [3.05, 3.63) is 29.8 Å². The number of para-hydroxylation sites is 1. The van der Waals surface area contributed by atoms with Gasteiger partial charge in [0, 0.05) is 18.3 Å². The van der Waals surface area contributed by atoms with Gasteiger partial charge in [-0.15, -0.1) is 0 Å².